The summed E-state index contributed by atoms with van der Waals surface area (Å²) in [5.41, 5.74) is 0.261. The van der Waals surface area contributed by atoms with Gasteiger partial charge in [0.1, 0.15) is 5.82 Å². The lowest BCUT2D eigenvalue weighted by Gasteiger charge is -2.24. The molecule has 0 radical (unpaired) electrons. The number of halogens is 4. The van der Waals surface area contributed by atoms with Crippen LogP contribution in [0.2, 0.25) is 0 Å². The Hall–Kier alpha value is -1.80. The van der Waals surface area contributed by atoms with Crippen molar-refractivity contribution in [2.24, 2.45) is 0 Å². The van der Waals surface area contributed by atoms with Gasteiger partial charge in [-0.15, -0.1) is 12.4 Å². The van der Waals surface area contributed by atoms with Gasteiger partial charge in [-0.2, -0.15) is 0 Å². The van der Waals surface area contributed by atoms with E-state index >= 15 is 0 Å². The molecule has 1 unspecified atom stereocenters. The summed E-state index contributed by atoms with van der Waals surface area (Å²) in [4.78, 5) is 28.0. The fraction of sp³-hybridized carbons (Fsp3) is 0.529. The summed E-state index contributed by atoms with van der Waals surface area (Å²) in [5, 5.41) is 2.57. The highest BCUT2D eigenvalue weighted by atomic mass is 35.5. The molecule has 0 spiro atoms. The van der Waals surface area contributed by atoms with Crippen molar-refractivity contribution < 1.29 is 22.8 Å². The van der Waals surface area contributed by atoms with Crippen LogP contribution in [0.15, 0.2) is 24.3 Å². The van der Waals surface area contributed by atoms with Crippen LogP contribution >= 0.6 is 12.4 Å². The van der Waals surface area contributed by atoms with E-state index in [1.54, 1.807) is 11.0 Å². The van der Waals surface area contributed by atoms with Gasteiger partial charge in [0.2, 0.25) is 5.91 Å². The van der Waals surface area contributed by atoms with Crippen LogP contribution in [0.25, 0.3) is 0 Å². The second-order valence-corrected chi connectivity index (χ2v) is 6.47. The molecule has 3 rings (SSSR count). The van der Waals surface area contributed by atoms with Crippen LogP contribution in [-0.2, 0) is 4.79 Å². The van der Waals surface area contributed by atoms with Crippen LogP contribution in [0.3, 0.4) is 0 Å². The zero-order valence-electron chi connectivity index (χ0n) is 14.1. The molecule has 1 N–H and O–H groups in total. The van der Waals surface area contributed by atoms with E-state index < -0.39 is 30.7 Å². The van der Waals surface area contributed by atoms with Gasteiger partial charge in [-0.05, 0) is 24.6 Å². The van der Waals surface area contributed by atoms with Gasteiger partial charge < -0.3 is 9.80 Å². The molecule has 0 aromatic heterocycles. The van der Waals surface area contributed by atoms with Gasteiger partial charge in [0.05, 0.1) is 12.6 Å². The third-order valence-corrected chi connectivity index (χ3v) is 4.57. The second kappa shape index (κ2) is 8.26. The number of hydrogen-bond donors (Lipinski definition) is 1. The first kappa shape index (κ1) is 20.5. The third-order valence-electron chi connectivity index (χ3n) is 4.57. The summed E-state index contributed by atoms with van der Waals surface area (Å²) < 4.78 is 39.8. The van der Waals surface area contributed by atoms with Gasteiger partial charge in [-0.25, -0.2) is 13.2 Å². The number of nitrogens with zero attached hydrogens (tertiary/aromatic N) is 2. The van der Waals surface area contributed by atoms with Gasteiger partial charge in [0.15, 0.2) is 0 Å². The Bertz CT molecular complexity index is 674. The molecule has 0 saturated carbocycles. The molecule has 26 heavy (non-hydrogen) atoms. The summed E-state index contributed by atoms with van der Waals surface area (Å²) in [5.74, 6) is -3.98. The van der Waals surface area contributed by atoms with Gasteiger partial charge in [0, 0.05) is 38.2 Å². The molecule has 2 fully saturated rings. The summed E-state index contributed by atoms with van der Waals surface area (Å²) in [6, 6.07) is 4.59. The van der Waals surface area contributed by atoms with Crippen LogP contribution in [0, 0.1) is 5.82 Å². The van der Waals surface area contributed by atoms with Crippen molar-refractivity contribution >= 4 is 24.2 Å². The average Bonchev–Trinajstić information content (AvgIpc) is 2.80. The van der Waals surface area contributed by atoms with E-state index in [9.17, 15) is 22.8 Å². The van der Waals surface area contributed by atoms with E-state index in [2.05, 4.69) is 5.32 Å². The first-order chi connectivity index (χ1) is 11.9. The summed E-state index contributed by atoms with van der Waals surface area (Å²) >= 11 is 0. The van der Waals surface area contributed by atoms with Crippen molar-refractivity contribution in [3.8, 4) is 0 Å². The minimum Gasteiger partial charge on any atom is -0.339 e. The Morgan fingerprint density at radius 2 is 1.81 bits per heavy atom. The highest BCUT2D eigenvalue weighted by Gasteiger charge is 2.43. The zero-order valence-corrected chi connectivity index (χ0v) is 14.9. The maximum atomic E-state index is 13.3. The lowest BCUT2D eigenvalue weighted by atomic mass is 10.1. The van der Waals surface area contributed by atoms with E-state index in [1.165, 1.54) is 23.1 Å². The van der Waals surface area contributed by atoms with Crippen molar-refractivity contribution in [2.45, 2.75) is 24.8 Å². The Morgan fingerprint density at radius 1 is 1.12 bits per heavy atom. The summed E-state index contributed by atoms with van der Waals surface area (Å²) in [6.07, 6.45) is 0.0597. The number of benzene rings is 1. The number of nitrogens with one attached hydrogen (secondary N) is 1. The van der Waals surface area contributed by atoms with Crippen molar-refractivity contribution in [1.82, 2.24) is 15.1 Å². The molecule has 2 heterocycles. The lowest BCUT2D eigenvalue weighted by molar-refractivity contribution is -0.133. The van der Waals surface area contributed by atoms with Crippen molar-refractivity contribution in [3.63, 3.8) is 0 Å². The SMILES string of the molecule is Cl.O=C(c1cccc(F)c1)N1CCCN(C(=O)C2CC(F)(F)CN2)CC1. The molecule has 1 aromatic carbocycles. The molecular weight excluding hydrogens is 371 g/mol. The number of amides is 2. The topological polar surface area (TPSA) is 52.7 Å². The number of carbonyl (C=O) groups excluding carboxylic acids is 2. The first-order valence-electron chi connectivity index (χ1n) is 8.30. The Balaban J connectivity index is 0.00000243. The molecule has 2 aliphatic heterocycles. The molecule has 2 amide bonds. The molecule has 2 aliphatic rings. The second-order valence-electron chi connectivity index (χ2n) is 6.47. The van der Waals surface area contributed by atoms with Gasteiger partial charge in [-0.1, -0.05) is 6.07 Å². The fourth-order valence-electron chi connectivity index (χ4n) is 3.26. The average molecular weight is 392 g/mol. The van der Waals surface area contributed by atoms with Crippen LogP contribution < -0.4 is 5.32 Å². The van der Waals surface area contributed by atoms with E-state index in [0.29, 0.717) is 26.1 Å². The van der Waals surface area contributed by atoms with Crippen molar-refractivity contribution in [3.05, 3.63) is 35.6 Å². The maximum Gasteiger partial charge on any atom is 0.262 e. The predicted octanol–water partition coefficient (Wildman–Crippen LogP) is 1.92. The van der Waals surface area contributed by atoms with Crippen LogP contribution in [-0.4, -0.2) is 66.3 Å². The summed E-state index contributed by atoms with van der Waals surface area (Å²) in [6.45, 7) is 0.943. The van der Waals surface area contributed by atoms with E-state index in [-0.39, 0.29) is 36.3 Å². The fourth-order valence-corrected chi connectivity index (χ4v) is 3.26. The number of hydrogen-bond acceptors (Lipinski definition) is 3. The minimum absolute atomic E-state index is 0. The largest absolute Gasteiger partial charge is 0.339 e. The van der Waals surface area contributed by atoms with Crippen molar-refractivity contribution in [2.75, 3.05) is 32.7 Å². The Labute approximate surface area is 155 Å². The highest BCUT2D eigenvalue weighted by Crippen LogP contribution is 2.26. The zero-order chi connectivity index (χ0) is 18.0. The van der Waals surface area contributed by atoms with Gasteiger partial charge in [0.25, 0.3) is 11.8 Å². The third kappa shape index (κ3) is 4.67. The highest BCUT2D eigenvalue weighted by molar-refractivity contribution is 5.94. The minimum atomic E-state index is -2.86. The quantitative estimate of drug-likeness (QED) is 0.838. The first-order valence-corrected chi connectivity index (χ1v) is 8.30. The monoisotopic (exact) mass is 391 g/mol. The molecule has 5 nitrogen and oxygen atoms in total. The van der Waals surface area contributed by atoms with Crippen LogP contribution in [0.5, 0.6) is 0 Å². The Kier molecular flexibility index (Phi) is 6.52. The predicted molar refractivity (Wildman–Crippen MR) is 92.1 cm³/mol. The van der Waals surface area contributed by atoms with Gasteiger partial charge >= 0.3 is 0 Å². The van der Waals surface area contributed by atoms with Crippen molar-refractivity contribution in [1.29, 1.82) is 0 Å². The van der Waals surface area contributed by atoms with Crippen LogP contribution in [0.1, 0.15) is 23.2 Å². The Morgan fingerprint density at radius 3 is 2.46 bits per heavy atom. The molecule has 1 atom stereocenters. The smallest absolute Gasteiger partial charge is 0.262 e. The standard InChI is InChI=1S/C17H20F3N3O2.ClH/c18-13-4-1-3-12(9-13)15(24)22-5-2-6-23(8-7-22)16(25)14-10-17(19,20)11-21-14;/h1,3-4,9,14,21H,2,5-8,10-11H2;1H. The maximum absolute atomic E-state index is 13.3. The van der Waals surface area contributed by atoms with Crippen LogP contribution in [0.4, 0.5) is 13.2 Å². The van der Waals surface area contributed by atoms with E-state index in [4.69, 9.17) is 0 Å². The molecule has 0 bridgehead atoms. The molecular formula is C17H21ClF3N3O2. The number of carbonyl (C=O) groups is 2. The molecule has 9 heteroatoms. The molecule has 2 saturated heterocycles. The van der Waals surface area contributed by atoms with E-state index in [1.807, 2.05) is 0 Å². The molecule has 144 valence electrons. The van der Waals surface area contributed by atoms with E-state index in [0.717, 1.165) is 0 Å². The lowest BCUT2D eigenvalue weighted by Crippen LogP contribution is -2.45. The van der Waals surface area contributed by atoms with Gasteiger partial charge in [-0.3, -0.25) is 14.9 Å². The molecule has 0 aliphatic carbocycles. The molecule has 1 aromatic rings. The number of rotatable bonds is 2. The number of alkyl halides is 2. The summed E-state index contributed by atoms with van der Waals surface area (Å²) in [7, 11) is 0. The normalized spacial score (nSPS) is 22.5.